The Bertz CT molecular complexity index is 518. The maximum Gasteiger partial charge on any atom is 0.336 e. The van der Waals surface area contributed by atoms with E-state index in [2.05, 4.69) is 19.9 Å². The summed E-state index contributed by atoms with van der Waals surface area (Å²) in [6.45, 7) is 5.88. The Morgan fingerprint density at radius 3 is 2.79 bits per heavy atom. The standard InChI is InChI=1S/C15H20O4/c1-8-4-5-12(16)11-7-15(18)10(6-14(8,11)3)9(2)13(17)19-15/h4,11-12,16,18H,5-7H2,1-3H3. The number of hydrogen-bond donors (Lipinski definition) is 2. The highest BCUT2D eigenvalue weighted by atomic mass is 16.7. The van der Waals surface area contributed by atoms with Gasteiger partial charge >= 0.3 is 5.97 Å². The molecule has 0 aromatic rings. The Morgan fingerprint density at radius 2 is 2.11 bits per heavy atom. The van der Waals surface area contributed by atoms with E-state index in [1.54, 1.807) is 6.92 Å². The van der Waals surface area contributed by atoms with Gasteiger partial charge in [0.2, 0.25) is 5.79 Å². The van der Waals surface area contributed by atoms with Crippen molar-refractivity contribution in [3.8, 4) is 0 Å². The van der Waals surface area contributed by atoms with Crippen molar-refractivity contribution in [2.24, 2.45) is 11.3 Å². The van der Waals surface area contributed by atoms with Crippen LogP contribution in [0.25, 0.3) is 0 Å². The Labute approximate surface area is 112 Å². The van der Waals surface area contributed by atoms with Gasteiger partial charge < -0.3 is 14.9 Å². The zero-order valence-corrected chi connectivity index (χ0v) is 11.6. The predicted octanol–water partition coefficient (Wildman–Crippen LogP) is 1.68. The number of carbonyl (C=O) groups excluding carboxylic acids is 1. The molecular weight excluding hydrogens is 244 g/mol. The molecule has 1 saturated carbocycles. The molecule has 4 heteroatoms. The van der Waals surface area contributed by atoms with Gasteiger partial charge in [0.25, 0.3) is 0 Å². The molecule has 2 N–H and O–H groups in total. The summed E-state index contributed by atoms with van der Waals surface area (Å²) in [5.41, 5.74) is 2.24. The molecule has 3 aliphatic rings. The number of aliphatic hydroxyl groups is 2. The van der Waals surface area contributed by atoms with E-state index in [1.807, 2.05) is 0 Å². The second-order valence-electron chi connectivity index (χ2n) is 6.37. The van der Waals surface area contributed by atoms with Gasteiger partial charge in [-0.2, -0.15) is 0 Å². The minimum absolute atomic E-state index is 0.0788. The molecule has 1 aliphatic heterocycles. The van der Waals surface area contributed by atoms with Crippen LogP contribution in [0.1, 0.15) is 40.0 Å². The smallest absolute Gasteiger partial charge is 0.336 e. The zero-order valence-electron chi connectivity index (χ0n) is 11.6. The van der Waals surface area contributed by atoms with Crippen molar-refractivity contribution >= 4 is 5.97 Å². The number of aliphatic hydroxyl groups excluding tert-OH is 1. The van der Waals surface area contributed by atoms with Crippen molar-refractivity contribution in [3.63, 3.8) is 0 Å². The molecular formula is C15H20O4. The highest BCUT2D eigenvalue weighted by Crippen LogP contribution is 2.57. The van der Waals surface area contributed by atoms with Crippen molar-refractivity contribution in [1.82, 2.24) is 0 Å². The fourth-order valence-corrected chi connectivity index (χ4v) is 3.85. The molecule has 4 atom stereocenters. The van der Waals surface area contributed by atoms with Crippen LogP contribution in [0.3, 0.4) is 0 Å². The Kier molecular flexibility index (Phi) is 2.51. The average molecular weight is 264 g/mol. The first kappa shape index (κ1) is 12.9. The van der Waals surface area contributed by atoms with E-state index in [0.29, 0.717) is 24.0 Å². The lowest BCUT2D eigenvalue weighted by atomic mass is 9.56. The van der Waals surface area contributed by atoms with Gasteiger partial charge in [0.05, 0.1) is 6.10 Å². The van der Waals surface area contributed by atoms with Gasteiger partial charge in [0.15, 0.2) is 0 Å². The van der Waals surface area contributed by atoms with Gasteiger partial charge in [0.1, 0.15) is 0 Å². The van der Waals surface area contributed by atoms with E-state index in [9.17, 15) is 15.0 Å². The molecule has 2 aliphatic carbocycles. The monoisotopic (exact) mass is 264 g/mol. The van der Waals surface area contributed by atoms with Gasteiger partial charge in [-0.1, -0.05) is 18.6 Å². The molecule has 0 saturated heterocycles. The van der Waals surface area contributed by atoms with Crippen LogP contribution in [0.4, 0.5) is 0 Å². The molecule has 1 heterocycles. The summed E-state index contributed by atoms with van der Waals surface area (Å²) < 4.78 is 5.15. The second-order valence-corrected chi connectivity index (χ2v) is 6.37. The Hall–Kier alpha value is -1.13. The van der Waals surface area contributed by atoms with E-state index in [4.69, 9.17) is 4.74 Å². The molecule has 0 aromatic carbocycles. The van der Waals surface area contributed by atoms with Crippen molar-refractivity contribution in [1.29, 1.82) is 0 Å². The molecule has 0 radical (unpaired) electrons. The number of carbonyl (C=O) groups is 1. The third-order valence-corrected chi connectivity index (χ3v) is 5.38. The first-order valence-electron chi connectivity index (χ1n) is 6.79. The molecule has 104 valence electrons. The SMILES string of the molecule is CC1=CCC(O)C2CC3(O)OC(=O)C(C)=C3CC12C. The molecule has 0 bridgehead atoms. The quantitative estimate of drug-likeness (QED) is 0.516. The maximum absolute atomic E-state index is 11.7. The molecule has 0 spiro atoms. The molecule has 19 heavy (non-hydrogen) atoms. The lowest BCUT2D eigenvalue weighted by molar-refractivity contribution is -0.204. The minimum atomic E-state index is -1.50. The third-order valence-electron chi connectivity index (χ3n) is 5.38. The summed E-state index contributed by atoms with van der Waals surface area (Å²) in [7, 11) is 0. The molecule has 0 aromatic heterocycles. The van der Waals surface area contributed by atoms with Crippen LogP contribution in [0.15, 0.2) is 22.8 Å². The van der Waals surface area contributed by atoms with Crippen LogP contribution < -0.4 is 0 Å². The van der Waals surface area contributed by atoms with E-state index in [-0.39, 0.29) is 17.8 Å². The largest absolute Gasteiger partial charge is 0.426 e. The van der Waals surface area contributed by atoms with E-state index in [1.165, 1.54) is 5.57 Å². The summed E-state index contributed by atoms with van der Waals surface area (Å²) >= 11 is 0. The van der Waals surface area contributed by atoms with Crippen molar-refractivity contribution in [3.05, 3.63) is 22.8 Å². The number of esters is 1. The first-order valence-corrected chi connectivity index (χ1v) is 6.79. The Morgan fingerprint density at radius 1 is 1.42 bits per heavy atom. The number of hydrogen-bond acceptors (Lipinski definition) is 4. The van der Waals surface area contributed by atoms with Crippen LogP contribution in [-0.2, 0) is 9.53 Å². The normalized spacial score (nSPS) is 45.5. The third kappa shape index (κ3) is 1.56. The Balaban J connectivity index is 2.09. The van der Waals surface area contributed by atoms with E-state index >= 15 is 0 Å². The van der Waals surface area contributed by atoms with Gasteiger partial charge in [-0.25, -0.2) is 4.79 Å². The highest BCUT2D eigenvalue weighted by molar-refractivity contribution is 5.92. The number of fused-ring (bicyclic) bond motifs is 2. The highest BCUT2D eigenvalue weighted by Gasteiger charge is 2.58. The second kappa shape index (κ2) is 3.70. The first-order chi connectivity index (χ1) is 8.78. The van der Waals surface area contributed by atoms with Crippen LogP contribution in [0, 0.1) is 11.3 Å². The van der Waals surface area contributed by atoms with Crippen molar-refractivity contribution in [2.45, 2.75) is 51.9 Å². The predicted molar refractivity (Wildman–Crippen MR) is 69.0 cm³/mol. The summed E-state index contributed by atoms with van der Waals surface area (Å²) in [6, 6.07) is 0. The van der Waals surface area contributed by atoms with Gasteiger partial charge in [0, 0.05) is 23.5 Å². The zero-order chi connectivity index (χ0) is 14.0. The van der Waals surface area contributed by atoms with Crippen LogP contribution >= 0.6 is 0 Å². The topological polar surface area (TPSA) is 66.8 Å². The van der Waals surface area contributed by atoms with Crippen LogP contribution in [-0.4, -0.2) is 28.1 Å². The van der Waals surface area contributed by atoms with Gasteiger partial charge in [-0.15, -0.1) is 0 Å². The molecule has 1 fully saturated rings. The van der Waals surface area contributed by atoms with E-state index in [0.717, 1.165) is 0 Å². The number of ether oxygens (including phenoxy) is 1. The van der Waals surface area contributed by atoms with Crippen LogP contribution in [0.2, 0.25) is 0 Å². The van der Waals surface area contributed by atoms with E-state index < -0.39 is 17.9 Å². The fourth-order valence-electron chi connectivity index (χ4n) is 3.85. The van der Waals surface area contributed by atoms with Crippen LogP contribution in [0.5, 0.6) is 0 Å². The molecule has 4 unspecified atom stereocenters. The fraction of sp³-hybridized carbons (Fsp3) is 0.667. The molecule has 4 nitrogen and oxygen atoms in total. The van der Waals surface area contributed by atoms with Crippen molar-refractivity contribution < 1.29 is 19.7 Å². The minimum Gasteiger partial charge on any atom is -0.426 e. The van der Waals surface area contributed by atoms with Gasteiger partial charge in [-0.3, -0.25) is 0 Å². The lowest BCUT2D eigenvalue weighted by Gasteiger charge is -2.51. The summed E-state index contributed by atoms with van der Waals surface area (Å²) in [5, 5.41) is 20.8. The maximum atomic E-state index is 11.7. The summed E-state index contributed by atoms with van der Waals surface area (Å²) in [4.78, 5) is 11.7. The number of rotatable bonds is 0. The summed E-state index contributed by atoms with van der Waals surface area (Å²) in [6.07, 6.45) is 3.05. The molecule has 0 amide bonds. The lowest BCUT2D eigenvalue weighted by Crippen LogP contribution is -2.51. The average Bonchev–Trinajstić information content (AvgIpc) is 2.55. The number of allylic oxidation sites excluding steroid dienone is 1. The summed E-state index contributed by atoms with van der Waals surface area (Å²) in [5.74, 6) is -2.01. The molecule has 3 rings (SSSR count). The van der Waals surface area contributed by atoms with Crippen molar-refractivity contribution in [2.75, 3.05) is 0 Å². The van der Waals surface area contributed by atoms with Gasteiger partial charge in [-0.05, 0) is 32.1 Å².